The van der Waals surface area contributed by atoms with Crippen molar-refractivity contribution in [2.24, 2.45) is 0 Å². The van der Waals surface area contributed by atoms with Crippen LogP contribution in [0.3, 0.4) is 0 Å². The van der Waals surface area contributed by atoms with E-state index in [-0.39, 0.29) is 0 Å². The maximum atomic E-state index is 5.80. The fourth-order valence-corrected chi connectivity index (χ4v) is 2.04. The monoisotopic (exact) mass is 265 g/mol. The molecule has 0 amide bonds. The quantitative estimate of drug-likeness (QED) is 0.732. The Morgan fingerprint density at radius 3 is 2.26 bits per heavy atom. The second-order valence-electron chi connectivity index (χ2n) is 5.14. The van der Waals surface area contributed by atoms with Crippen LogP contribution in [0, 0.1) is 13.8 Å². The summed E-state index contributed by atoms with van der Waals surface area (Å²) in [6.45, 7) is 13.4. The Morgan fingerprint density at radius 2 is 1.74 bits per heavy atom. The average molecular weight is 265 g/mol. The first-order valence-corrected chi connectivity index (χ1v) is 7.08. The predicted octanol–water partition coefficient (Wildman–Crippen LogP) is 3.22. The lowest BCUT2D eigenvalue weighted by atomic mass is 10.1. The van der Waals surface area contributed by atoms with Crippen LogP contribution in [0.2, 0.25) is 0 Å². The van der Waals surface area contributed by atoms with E-state index in [1.54, 1.807) is 0 Å². The topological polar surface area (TPSA) is 30.5 Å². The van der Waals surface area contributed by atoms with Crippen molar-refractivity contribution in [1.82, 2.24) is 5.32 Å². The molecule has 0 unspecified atom stereocenters. The molecule has 0 heterocycles. The molecule has 1 rings (SSSR count). The van der Waals surface area contributed by atoms with Crippen molar-refractivity contribution in [2.45, 2.75) is 47.2 Å². The highest BCUT2D eigenvalue weighted by atomic mass is 16.5. The number of benzene rings is 1. The number of nitrogens with one attached hydrogen (secondary N) is 1. The van der Waals surface area contributed by atoms with Gasteiger partial charge in [0.2, 0.25) is 0 Å². The minimum absolute atomic E-state index is 0.503. The molecule has 0 spiro atoms. The molecule has 3 nitrogen and oxygen atoms in total. The molecule has 1 aromatic carbocycles. The smallest absolute Gasteiger partial charge is 0.125 e. The highest BCUT2D eigenvalue weighted by Gasteiger charge is 2.07. The van der Waals surface area contributed by atoms with Gasteiger partial charge >= 0.3 is 0 Å². The van der Waals surface area contributed by atoms with Gasteiger partial charge in [-0.3, -0.25) is 0 Å². The van der Waals surface area contributed by atoms with Crippen molar-refractivity contribution in [1.29, 1.82) is 0 Å². The van der Waals surface area contributed by atoms with Gasteiger partial charge in [-0.1, -0.05) is 26.0 Å². The fourth-order valence-electron chi connectivity index (χ4n) is 2.04. The van der Waals surface area contributed by atoms with Crippen LogP contribution in [-0.2, 0) is 11.3 Å². The lowest BCUT2D eigenvalue weighted by Gasteiger charge is -2.15. The van der Waals surface area contributed by atoms with Gasteiger partial charge in [0, 0.05) is 19.2 Å². The lowest BCUT2D eigenvalue weighted by molar-refractivity contribution is 0.109. The molecule has 0 aliphatic rings. The Balaban J connectivity index is 2.63. The summed E-state index contributed by atoms with van der Waals surface area (Å²) < 4.78 is 11.1. The molecule has 0 aliphatic carbocycles. The fraction of sp³-hybridized carbons (Fsp3) is 0.625. The van der Waals surface area contributed by atoms with E-state index in [1.807, 2.05) is 6.92 Å². The van der Waals surface area contributed by atoms with Crippen molar-refractivity contribution in [3.8, 4) is 5.75 Å². The molecule has 108 valence electrons. The second-order valence-corrected chi connectivity index (χ2v) is 5.14. The molecular formula is C16H27NO2. The third kappa shape index (κ3) is 5.62. The minimum Gasteiger partial charge on any atom is -0.491 e. The third-order valence-electron chi connectivity index (χ3n) is 2.91. The number of hydrogen-bond acceptors (Lipinski definition) is 3. The molecule has 0 saturated carbocycles. The van der Waals surface area contributed by atoms with E-state index in [0.717, 1.165) is 18.9 Å². The van der Waals surface area contributed by atoms with Gasteiger partial charge in [-0.2, -0.15) is 0 Å². The molecule has 0 bridgehead atoms. The summed E-state index contributed by atoms with van der Waals surface area (Å²) in [5, 5.41) is 3.43. The van der Waals surface area contributed by atoms with Gasteiger partial charge in [0.1, 0.15) is 12.4 Å². The van der Waals surface area contributed by atoms with Crippen LogP contribution in [0.25, 0.3) is 0 Å². The van der Waals surface area contributed by atoms with E-state index >= 15 is 0 Å². The highest BCUT2D eigenvalue weighted by molar-refractivity contribution is 5.43. The van der Waals surface area contributed by atoms with E-state index in [9.17, 15) is 0 Å². The molecule has 0 radical (unpaired) electrons. The van der Waals surface area contributed by atoms with E-state index < -0.39 is 0 Å². The van der Waals surface area contributed by atoms with Gasteiger partial charge in [-0.15, -0.1) is 0 Å². The zero-order valence-electron chi connectivity index (χ0n) is 12.9. The maximum Gasteiger partial charge on any atom is 0.125 e. The summed E-state index contributed by atoms with van der Waals surface area (Å²) in [5.74, 6) is 0.994. The highest BCUT2D eigenvalue weighted by Crippen LogP contribution is 2.24. The number of ether oxygens (including phenoxy) is 2. The summed E-state index contributed by atoms with van der Waals surface area (Å²) in [6, 6.07) is 4.89. The van der Waals surface area contributed by atoms with Gasteiger partial charge in [-0.05, 0) is 37.5 Å². The average Bonchev–Trinajstić information content (AvgIpc) is 2.34. The van der Waals surface area contributed by atoms with E-state index in [1.165, 1.54) is 16.7 Å². The molecular weight excluding hydrogens is 238 g/mol. The lowest BCUT2D eigenvalue weighted by Crippen LogP contribution is -2.22. The molecule has 0 fully saturated rings. The van der Waals surface area contributed by atoms with Crippen LogP contribution in [0.15, 0.2) is 12.1 Å². The van der Waals surface area contributed by atoms with E-state index in [2.05, 4.69) is 45.1 Å². The Hall–Kier alpha value is -1.06. The molecule has 1 aromatic rings. The zero-order valence-corrected chi connectivity index (χ0v) is 12.9. The standard InChI is InChI=1S/C16H27NO2/c1-6-18-7-8-19-16-13(4)9-15(10-14(16)5)11-17-12(2)3/h9-10,12,17H,6-8,11H2,1-5H3. The minimum atomic E-state index is 0.503. The maximum absolute atomic E-state index is 5.80. The molecule has 3 heteroatoms. The van der Waals surface area contributed by atoms with E-state index in [4.69, 9.17) is 9.47 Å². The first-order chi connectivity index (χ1) is 9.04. The second kappa shape index (κ2) is 8.18. The van der Waals surface area contributed by atoms with Gasteiger partial charge in [0.25, 0.3) is 0 Å². The van der Waals surface area contributed by atoms with Crippen molar-refractivity contribution in [2.75, 3.05) is 19.8 Å². The Morgan fingerprint density at radius 1 is 1.11 bits per heavy atom. The molecule has 1 N–H and O–H groups in total. The third-order valence-corrected chi connectivity index (χ3v) is 2.91. The van der Waals surface area contributed by atoms with Gasteiger partial charge in [0.05, 0.1) is 6.61 Å². The van der Waals surface area contributed by atoms with Crippen LogP contribution in [0.5, 0.6) is 5.75 Å². The Kier molecular flexibility index (Phi) is 6.89. The normalized spacial score (nSPS) is 11.1. The SMILES string of the molecule is CCOCCOc1c(C)cc(CNC(C)C)cc1C. The Bertz CT molecular complexity index is 365. The van der Waals surface area contributed by atoms with E-state index in [0.29, 0.717) is 19.3 Å². The summed E-state index contributed by atoms with van der Waals surface area (Å²) in [4.78, 5) is 0. The Labute approximate surface area is 117 Å². The van der Waals surface area contributed by atoms with Gasteiger partial charge in [-0.25, -0.2) is 0 Å². The largest absolute Gasteiger partial charge is 0.491 e. The summed E-state index contributed by atoms with van der Waals surface area (Å²) >= 11 is 0. The van der Waals surface area contributed by atoms with Crippen molar-refractivity contribution < 1.29 is 9.47 Å². The van der Waals surface area contributed by atoms with Crippen molar-refractivity contribution in [3.05, 3.63) is 28.8 Å². The molecule has 0 aromatic heterocycles. The number of rotatable bonds is 8. The van der Waals surface area contributed by atoms with Crippen molar-refractivity contribution in [3.63, 3.8) is 0 Å². The predicted molar refractivity (Wildman–Crippen MR) is 79.9 cm³/mol. The summed E-state index contributed by atoms with van der Waals surface area (Å²) in [5.41, 5.74) is 3.69. The number of hydrogen-bond donors (Lipinski definition) is 1. The molecule has 0 aliphatic heterocycles. The van der Waals surface area contributed by atoms with Crippen LogP contribution in [0.4, 0.5) is 0 Å². The van der Waals surface area contributed by atoms with Crippen LogP contribution >= 0.6 is 0 Å². The van der Waals surface area contributed by atoms with Crippen LogP contribution in [-0.4, -0.2) is 25.9 Å². The van der Waals surface area contributed by atoms with Gasteiger partial charge in [0.15, 0.2) is 0 Å². The summed E-state index contributed by atoms with van der Waals surface area (Å²) in [7, 11) is 0. The molecule has 0 saturated heterocycles. The number of aryl methyl sites for hydroxylation is 2. The van der Waals surface area contributed by atoms with Crippen LogP contribution < -0.4 is 10.1 Å². The van der Waals surface area contributed by atoms with Gasteiger partial charge < -0.3 is 14.8 Å². The zero-order chi connectivity index (χ0) is 14.3. The van der Waals surface area contributed by atoms with Crippen molar-refractivity contribution >= 4 is 0 Å². The first kappa shape index (κ1) is 16.0. The first-order valence-electron chi connectivity index (χ1n) is 7.08. The molecule has 0 atom stereocenters. The summed E-state index contributed by atoms with van der Waals surface area (Å²) in [6.07, 6.45) is 0. The van der Waals surface area contributed by atoms with Crippen LogP contribution in [0.1, 0.15) is 37.5 Å². The molecule has 19 heavy (non-hydrogen) atoms.